The number of halogens is 3. The molecule has 0 saturated heterocycles. The van der Waals surface area contributed by atoms with Crippen LogP contribution in [-0.4, -0.2) is 26.3 Å². The normalized spacial score (nSPS) is 22.2. The molecule has 1 aliphatic carbocycles. The van der Waals surface area contributed by atoms with E-state index in [1.807, 2.05) is 0 Å². The molecule has 0 radical (unpaired) electrons. The molecule has 25 heavy (non-hydrogen) atoms. The fourth-order valence-corrected chi connectivity index (χ4v) is 3.70. The average Bonchev–Trinajstić information content (AvgIpc) is 2.54. The van der Waals surface area contributed by atoms with E-state index in [1.165, 1.54) is 12.1 Å². The number of rotatable bonds is 6. The zero-order chi connectivity index (χ0) is 18.7. The van der Waals surface area contributed by atoms with Crippen LogP contribution in [0.15, 0.2) is 24.3 Å². The van der Waals surface area contributed by atoms with E-state index in [0.717, 1.165) is 37.8 Å². The Hall–Kier alpha value is -1.28. The van der Waals surface area contributed by atoms with Gasteiger partial charge >= 0.3 is 6.18 Å². The first-order valence-electron chi connectivity index (χ1n) is 8.50. The van der Waals surface area contributed by atoms with Crippen molar-refractivity contribution in [3.63, 3.8) is 0 Å². The smallest absolute Gasteiger partial charge is 0.382 e. The number of benzene rings is 1. The van der Waals surface area contributed by atoms with E-state index in [2.05, 4.69) is 10.0 Å². The van der Waals surface area contributed by atoms with Crippen LogP contribution in [0.2, 0.25) is 0 Å². The van der Waals surface area contributed by atoms with Crippen LogP contribution < -0.4 is 10.0 Å². The van der Waals surface area contributed by atoms with Gasteiger partial charge in [0.05, 0.1) is 10.8 Å². The molecule has 0 atom stereocenters. The van der Waals surface area contributed by atoms with Crippen molar-refractivity contribution in [1.82, 2.24) is 4.72 Å². The van der Waals surface area contributed by atoms with E-state index in [-0.39, 0.29) is 6.04 Å². The summed E-state index contributed by atoms with van der Waals surface area (Å²) >= 11 is 0. The zero-order valence-corrected chi connectivity index (χ0v) is 15.3. The SMILES string of the molecule is CC(C)S(=O)(=O)NCC1CCC(Nc2ccc(C(F)(F)F)cc2)CC1. The van der Waals surface area contributed by atoms with Gasteiger partial charge in [0.2, 0.25) is 10.0 Å². The number of hydrogen-bond acceptors (Lipinski definition) is 3. The van der Waals surface area contributed by atoms with Gasteiger partial charge in [-0.05, 0) is 69.7 Å². The molecule has 0 spiro atoms. The van der Waals surface area contributed by atoms with E-state index in [1.54, 1.807) is 13.8 Å². The molecular formula is C17H25F3N2O2S. The Kier molecular flexibility index (Phi) is 6.37. The number of sulfonamides is 1. The second-order valence-corrected chi connectivity index (χ2v) is 9.20. The average molecular weight is 378 g/mol. The van der Waals surface area contributed by atoms with E-state index >= 15 is 0 Å². The maximum atomic E-state index is 12.6. The van der Waals surface area contributed by atoms with Crippen LogP contribution in [0, 0.1) is 5.92 Å². The van der Waals surface area contributed by atoms with Crippen molar-refractivity contribution in [2.45, 2.75) is 57.0 Å². The highest BCUT2D eigenvalue weighted by Crippen LogP contribution is 2.31. The lowest BCUT2D eigenvalue weighted by molar-refractivity contribution is -0.137. The van der Waals surface area contributed by atoms with Crippen LogP contribution >= 0.6 is 0 Å². The summed E-state index contributed by atoms with van der Waals surface area (Å²) in [7, 11) is -3.23. The lowest BCUT2D eigenvalue weighted by Gasteiger charge is -2.30. The van der Waals surface area contributed by atoms with Gasteiger partial charge in [0, 0.05) is 18.3 Å². The van der Waals surface area contributed by atoms with Gasteiger partial charge in [-0.15, -0.1) is 0 Å². The summed E-state index contributed by atoms with van der Waals surface area (Å²) in [5.74, 6) is 0.305. The Balaban J connectivity index is 1.79. The molecule has 1 fully saturated rings. The minimum atomic E-state index is -4.32. The third-order valence-corrected chi connectivity index (χ3v) is 6.43. The van der Waals surface area contributed by atoms with Crippen LogP contribution in [0.4, 0.5) is 18.9 Å². The molecule has 0 unspecified atom stereocenters. The van der Waals surface area contributed by atoms with Gasteiger partial charge in [-0.25, -0.2) is 13.1 Å². The van der Waals surface area contributed by atoms with Crippen molar-refractivity contribution in [1.29, 1.82) is 0 Å². The minimum absolute atomic E-state index is 0.203. The van der Waals surface area contributed by atoms with E-state index in [4.69, 9.17) is 0 Å². The molecule has 0 aliphatic heterocycles. The Bertz CT molecular complexity index is 649. The molecule has 0 heterocycles. The molecule has 1 aromatic carbocycles. The second-order valence-electron chi connectivity index (χ2n) is 6.88. The van der Waals surface area contributed by atoms with Gasteiger partial charge in [0.25, 0.3) is 0 Å². The lowest BCUT2D eigenvalue weighted by Crippen LogP contribution is -2.37. The molecule has 1 saturated carbocycles. The van der Waals surface area contributed by atoms with Crippen molar-refractivity contribution in [2.24, 2.45) is 5.92 Å². The van der Waals surface area contributed by atoms with Crippen LogP contribution in [-0.2, 0) is 16.2 Å². The number of alkyl halides is 3. The van der Waals surface area contributed by atoms with Gasteiger partial charge in [0.15, 0.2) is 0 Å². The lowest BCUT2D eigenvalue weighted by atomic mass is 9.86. The predicted octanol–water partition coefficient (Wildman–Crippen LogP) is 4.00. The standard InChI is InChI=1S/C17H25F3N2O2S/c1-12(2)25(23,24)21-11-13-3-7-15(8-4-13)22-16-9-5-14(6-10-16)17(18,19)20/h5-6,9-10,12-13,15,21-22H,3-4,7-8,11H2,1-2H3. The summed E-state index contributed by atoms with van der Waals surface area (Å²) < 4.78 is 63.9. The minimum Gasteiger partial charge on any atom is -0.382 e. The highest BCUT2D eigenvalue weighted by molar-refractivity contribution is 7.90. The van der Waals surface area contributed by atoms with Crippen molar-refractivity contribution in [3.05, 3.63) is 29.8 Å². The molecule has 0 amide bonds. The maximum absolute atomic E-state index is 12.6. The van der Waals surface area contributed by atoms with Crippen LogP contribution in [0.3, 0.4) is 0 Å². The fourth-order valence-electron chi connectivity index (χ4n) is 2.90. The molecule has 142 valence electrons. The molecule has 1 aliphatic rings. The third-order valence-electron chi connectivity index (χ3n) is 4.62. The Morgan fingerprint density at radius 2 is 1.64 bits per heavy atom. The molecule has 2 rings (SSSR count). The first-order valence-corrected chi connectivity index (χ1v) is 10.0. The molecule has 0 aromatic heterocycles. The van der Waals surface area contributed by atoms with Gasteiger partial charge in [-0.1, -0.05) is 0 Å². The molecular weight excluding hydrogens is 353 g/mol. The van der Waals surface area contributed by atoms with E-state index in [9.17, 15) is 21.6 Å². The van der Waals surface area contributed by atoms with Gasteiger partial charge in [-0.3, -0.25) is 0 Å². The van der Waals surface area contributed by atoms with Crippen LogP contribution in [0.1, 0.15) is 45.1 Å². The van der Waals surface area contributed by atoms with Crippen molar-refractivity contribution < 1.29 is 21.6 Å². The Morgan fingerprint density at radius 3 is 2.12 bits per heavy atom. The number of hydrogen-bond donors (Lipinski definition) is 2. The largest absolute Gasteiger partial charge is 0.416 e. The summed E-state index contributed by atoms with van der Waals surface area (Å²) in [6, 6.07) is 5.26. The zero-order valence-electron chi connectivity index (χ0n) is 14.4. The van der Waals surface area contributed by atoms with Crippen molar-refractivity contribution in [3.8, 4) is 0 Å². The van der Waals surface area contributed by atoms with Crippen LogP contribution in [0.25, 0.3) is 0 Å². The first kappa shape index (κ1) is 20.0. The summed E-state index contributed by atoms with van der Waals surface area (Å²) in [6.45, 7) is 3.74. The molecule has 1 aromatic rings. The highest BCUT2D eigenvalue weighted by atomic mass is 32.2. The van der Waals surface area contributed by atoms with Gasteiger partial charge < -0.3 is 5.32 Å². The molecule has 4 nitrogen and oxygen atoms in total. The van der Waals surface area contributed by atoms with Crippen molar-refractivity contribution >= 4 is 15.7 Å². The maximum Gasteiger partial charge on any atom is 0.416 e. The molecule has 2 N–H and O–H groups in total. The fraction of sp³-hybridized carbons (Fsp3) is 0.647. The summed E-state index contributed by atoms with van der Waals surface area (Å²) in [5, 5.41) is 2.82. The second kappa shape index (κ2) is 7.95. The monoisotopic (exact) mass is 378 g/mol. The van der Waals surface area contributed by atoms with Crippen LogP contribution in [0.5, 0.6) is 0 Å². The van der Waals surface area contributed by atoms with E-state index < -0.39 is 27.0 Å². The topological polar surface area (TPSA) is 58.2 Å². The summed E-state index contributed by atoms with van der Waals surface area (Å²) in [5.41, 5.74) is 0.0242. The highest BCUT2D eigenvalue weighted by Gasteiger charge is 2.30. The third kappa shape index (κ3) is 5.88. The summed E-state index contributed by atoms with van der Waals surface area (Å²) in [6.07, 6.45) is -0.804. The Labute approximate surface area is 147 Å². The number of anilines is 1. The van der Waals surface area contributed by atoms with E-state index in [0.29, 0.717) is 18.2 Å². The van der Waals surface area contributed by atoms with Gasteiger partial charge in [0.1, 0.15) is 0 Å². The molecule has 0 bridgehead atoms. The van der Waals surface area contributed by atoms with Gasteiger partial charge in [-0.2, -0.15) is 13.2 Å². The van der Waals surface area contributed by atoms with Crippen molar-refractivity contribution in [2.75, 3.05) is 11.9 Å². The quantitative estimate of drug-likeness (QED) is 0.787. The first-order chi connectivity index (χ1) is 11.6. The number of nitrogens with one attached hydrogen (secondary N) is 2. The summed E-state index contributed by atoms with van der Waals surface area (Å²) in [4.78, 5) is 0. The Morgan fingerprint density at radius 1 is 1.08 bits per heavy atom. The predicted molar refractivity (Wildman–Crippen MR) is 92.9 cm³/mol. The molecule has 8 heteroatoms.